The summed E-state index contributed by atoms with van der Waals surface area (Å²) in [6, 6.07) is 5.43. The van der Waals surface area contributed by atoms with Crippen molar-refractivity contribution in [3.63, 3.8) is 0 Å². The molecule has 14 heavy (non-hydrogen) atoms. The first-order valence-corrected chi connectivity index (χ1v) is 4.88. The van der Waals surface area contributed by atoms with Crippen LogP contribution in [0.5, 0.6) is 0 Å². The fourth-order valence-electron chi connectivity index (χ4n) is 1.66. The number of halogens is 1. The number of hydrogen-bond acceptors (Lipinski definition) is 2. The van der Waals surface area contributed by atoms with Gasteiger partial charge in [-0.25, -0.2) is 0 Å². The van der Waals surface area contributed by atoms with Crippen molar-refractivity contribution in [3.05, 3.63) is 34.3 Å². The summed E-state index contributed by atoms with van der Waals surface area (Å²) in [5.74, 6) is -0.0794. The number of carbonyl (C=O) groups is 1. The van der Waals surface area contributed by atoms with Crippen LogP contribution in [0.3, 0.4) is 0 Å². The van der Waals surface area contributed by atoms with Crippen LogP contribution in [-0.4, -0.2) is 18.5 Å². The molecule has 1 atom stereocenters. The lowest BCUT2D eigenvalue weighted by Crippen LogP contribution is -2.45. The van der Waals surface area contributed by atoms with Gasteiger partial charge in [-0.2, -0.15) is 0 Å². The lowest BCUT2D eigenvalue weighted by Gasteiger charge is -2.24. The highest BCUT2D eigenvalue weighted by Crippen LogP contribution is 2.20. The molecule has 74 valence electrons. The molecule has 0 bridgehead atoms. The van der Waals surface area contributed by atoms with Crippen molar-refractivity contribution in [3.8, 4) is 0 Å². The molecule has 0 aromatic heterocycles. The SMILES string of the molecule is NCC1Cc2ccc(Cl)cc2C(=O)N1. The van der Waals surface area contributed by atoms with Crippen LogP contribution in [-0.2, 0) is 6.42 Å². The summed E-state index contributed by atoms with van der Waals surface area (Å²) in [4.78, 5) is 11.6. The summed E-state index contributed by atoms with van der Waals surface area (Å²) < 4.78 is 0. The highest BCUT2D eigenvalue weighted by atomic mass is 35.5. The van der Waals surface area contributed by atoms with E-state index in [1.807, 2.05) is 6.07 Å². The Labute approximate surface area is 87.2 Å². The first-order valence-electron chi connectivity index (χ1n) is 4.50. The van der Waals surface area contributed by atoms with Crippen molar-refractivity contribution in [2.24, 2.45) is 5.73 Å². The van der Waals surface area contributed by atoms with Gasteiger partial charge in [-0.15, -0.1) is 0 Å². The molecule has 1 aliphatic rings. The molecule has 1 aromatic rings. The fourth-order valence-corrected chi connectivity index (χ4v) is 1.83. The number of hydrogen-bond donors (Lipinski definition) is 2. The summed E-state index contributed by atoms with van der Waals surface area (Å²) >= 11 is 5.81. The first-order chi connectivity index (χ1) is 6.70. The van der Waals surface area contributed by atoms with Crippen molar-refractivity contribution in [2.45, 2.75) is 12.5 Å². The monoisotopic (exact) mass is 210 g/mol. The Bertz CT molecular complexity index is 378. The van der Waals surface area contributed by atoms with Crippen LogP contribution < -0.4 is 11.1 Å². The number of rotatable bonds is 1. The van der Waals surface area contributed by atoms with Gasteiger partial charge < -0.3 is 11.1 Å². The zero-order chi connectivity index (χ0) is 10.1. The number of carbonyl (C=O) groups excluding carboxylic acids is 1. The van der Waals surface area contributed by atoms with E-state index in [1.165, 1.54) is 0 Å². The molecule has 1 amide bonds. The molecule has 0 spiro atoms. The average Bonchev–Trinajstić information content (AvgIpc) is 2.19. The molecule has 0 saturated carbocycles. The van der Waals surface area contributed by atoms with Crippen LogP contribution in [0.15, 0.2) is 18.2 Å². The highest BCUT2D eigenvalue weighted by molar-refractivity contribution is 6.31. The van der Waals surface area contributed by atoms with E-state index in [9.17, 15) is 4.79 Å². The van der Waals surface area contributed by atoms with Gasteiger partial charge in [0.25, 0.3) is 5.91 Å². The molecule has 0 saturated heterocycles. The molecule has 2 rings (SSSR count). The third kappa shape index (κ3) is 1.61. The molecule has 0 radical (unpaired) electrons. The second kappa shape index (κ2) is 3.59. The number of nitrogens with one attached hydrogen (secondary N) is 1. The fraction of sp³-hybridized carbons (Fsp3) is 0.300. The van der Waals surface area contributed by atoms with Crippen LogP contribution in [0.2, 0.25) is 5.02 Å². The van der Waals surface area contributed by atoms with E-state index in [1.54, 1.807) is 12.1 Å². The number of fused-ring (bicyclic) bond motifs is 1. The molecule has 1 aromatic carbocycles. The van der Waals surface area contributed by atoms with Crippen LogP contribution >= 0.6 is 11.6 Å². The zero-order valence-corrected chi connectivity index (χ0v) is 8.34. The summed E-state index contributed by atoms with van der Waals surface area (Å²) in [7, 11) is 0. The Morgan fingerprint density at radius 2 is 2.36 bits per heavy atom. The Morgan fingerprint density at radius 3 is 3.07 bits per heavy atom. The largest absolute Gasteiger partial charge is 0.348 e. The van der Waals surface area contributed by atoms with E-state index in [0.29, 0.717) is 17.1 Å². The van der Waals surface area contributed by atoms with Gasteiger partial charge in [0, 0.05) is 23.2 Å². The molecule has 4 heteroatoms. The summed E-state index contributed by atoms with van der Waals surface area (Å²) in [6.45, 7) is 0.466. The van der Waals surface area contributed by atoms with Crippen molar-refractivity contribution in [1.29, 1.82) is 0 Å². The van der Waals surface area contributed by atoms with Crippen LogP contribution in [0.25, 0.3) is 0 Å². The Hall–Kier alpha value is -1.06. The van der Waals surface area contributed by atoms with Crippen LogP contribution in [0, 0.1) is 0 Å². The van der Waals surface area contributed by atoms with Gasteiger partial charge in [0.2, 0.25) is 0 Å². The zero-order valence-electron chi connectivity index (χ0n) is 7.59. The Morgan fingerprint density at radius 1 is 1.57 bits per heavy atom. The standard InChI is InChI=1S/C10H11ClN2O/c11-7-2-1-6-3-8(5-12)13-10(14)9(6)4-7/h1-2,4,8H,3,5,12H2,(H,13,14). The minimum Gasteiger partial charge on any atom is -0.348 e. The van der Waals surface area contributed by atoms with Gasteiger partial charge in [-0.05, 0) is 24.1 Å². The minimum absolute atomic E-state index is 0.0520. The lowest BCUT2D eigenvalue weighted by atomic mass is 9.95. The normalized spacial score (nSPS) is 20.1. The van der Waals surface area contributed by atoms with Crippen LogP contribution in [0.1, 0.15) is 15.9 Å². The molecule has 3 N–H and O–H groups in total. The Balaban J connectivity index is 2.40. The smallest absolute Gasteiger partial charge is 0.251 e. The van der Waals surface area contributed by atoms with Gasteiger partial charge in [0.05, 0.1) is 0 Å². The molecule has 3 nitrogen and oxygen atoms in total. The number of nitrogens with two attached hydrogens (primary N) is 1. The van der Waals surface area contributed by atoms with Crippen molar-refractivity contribution < 1.29 is 4.79 Å². The molecular formula is C10H11ClN2O. The molecule has 1 unspecified atom stereocenters. The van der Waals surface area contributed by atoms with Crippen molar-refractivity contribution in [2.75, 3.05) is 6.54 Å². The molecular weight excluding hydrogens is 200 g/mol. The maximum atomic E-state index is 11.6. The maximum absolute atomic E-state index is 11.6. The number of benzene rings is 1. The van der Waals surface area contributed by atoms with Crippen LogP contribution in [0.4, 0.5) is 0 Å². The van der Waals surface area contributed by atoms with Crippen molar-refractivity contribution >= 4 is 17.5 Å². The van der Waals surface area contributed by atoms with Crippen molar-refractivity contribution in [1.82, 2.24) is 5.32 Å². The Kier molecular flexibility index (Phi) is 2.44. The van der Waals surface area contributed by atoms with Gasteiger partial charge in [-0.3, -0.25) is 4.79 Å². The average molecular weight is 211 g/mol. The molecule has 1 heterocycles. The predicted octanol–water partition coefficient (Wildman–Crippen LogP) is 0.953. The first kappa shape index (κ1) is 9.49. The predicted molar refractivity (Wildman–Crippen MR) is 55.5 cm³/mol. The second-order valence-electron chi connectivity index (χ2n) is 3.41. The summed E-state index contributed by atoms with van der Waals surface area (Å²) in [6.07, 6.45) is 0.786. The van der Waals surface area contributed by atoms with E-state index >= 15 is 0 Å². The molecule has 1 aliphatic heterocycles. The van der Waals surface area contributed by atoms with E-state index < -0.39 is 0 Å². The lowest BCUT2D eigenvalue weighted by molar-refractivity contribution is 0.0927. The maximum Gasteiger partial charge on any atom is 0.251 e. The van der Waals surface area contributed by atoms with Gasteiger partial charge in [-0.1, -0.05) is 17.7 Å². The minimum atomic E-state index is -0.0794. The molecule has 0 aliphatic carbocycles. The van der Waals surface area contributed by atoms with Gasteiger partial charge >= 0.3 is 0 Å². The highest BCUT2D eigenvalue weighted by Gasteiger charge is 2.22. The summed E-state index contributed by atoms with van der Waals surface area (Å²) in [5, 5.41) is 3.41. The summed E-state index contributed by atoms with van der Waals surface area (Å²) in [5.41, 5.74) is 7.20. The second-order valence-corrected chi connectivity index (χ2v) is 3.85. The quantitative estimate of drug-likeness (QED) is 0.725. The third-order valence-corrected chi connectivity index (χ3v) is 2.64. The van der Waals surface area contributed by atoms with E-state index in [-0.39, 0.29) is 11.9 Å². The van der Waals surface area contributed by atoms with E-state index in [2.05, 4.69) is 5.32 Å². The number of amides is 1. The topological polar surface area (TPSA) is 55.1 Å². The third-order valence-electron chi connectivity index (χ3n) is 2.40. The van der Waals surface area contributed by atoms with E-state index in [0.717, 1.165) is 12.0 Å². The van der Waals surface area contributed by atoms with Gasteiger partial charge in [0.15, 0.2) is 0 Å². The molecule has 0 fully saturated rings. The van der Waals surface area contributed by atoms with E-state index in [4.69, 9.17) is 17.3 Å². The van der Waals surface area contributed by atoms with Gasteiger partial charge in [0.1, 0.15) is 0 Å².